The van der Waals surface area contributed by atoms with Crippen molar-refractivity contribution < 1.29 is 4.79 Å². The predicted octanol–water partition coefficient (Wildman–Crippen LogP) is 0.741. The largest absolute Gasteiger partial charge is 0.354 e. The fourth-order valence-corrected chi connectivity index (χ4v) is 2.99. The van der Waals surface area contributed by atoms with Gasteiger partial charge in [-0.25, -0.2) is 0 Å². The van der Waals surface area contributed by atoms with E-state index in [1.54, 1.807) is 0 Å². The zero-order valence-corrected chi connectivity index (χ0v) is 15.2. The van der Waals surface area contributed by atoms with Crippen molar-refractivity contribution in [1.29, 1.82) is 0 Å². The Morgan fingerprint density at radius 3 is 2.43 bits per heavy atom. The maximum absolute atomic E-state index is 12.1. The van der Waals surface area contributed by atoms with Gasteiger partial charge in [-0.2, -0.15) is 0 Å². The summed E-state index contributed by atoms with van der Waals surface area (Å²) in [4.78, 5) is 16.7. The summed E-state index contributed by atoms with van der Waals surface area (Å²) < 4.78 is 0. The number of carbonyl (C=O) groups is 1. The van der Waals surface area contributed by atoms with Crippen molar-refractivity contribution in [2.75, 3.05) is 40.3 Å². The van der Waals surface area contributed by atoms with Gasteiger partial charge in [-0.15, -0.1) is 37.2 Å². The average molecular weight is 364 g/mol. The first-order valence-electron chi connectivity index (χ1n) is 7.00. The highest BCUT2D eigenvalue weighted by Crippen LogP contribution is 2.23. The highest BCUT2D eigenvalue weighted by atomic mass is 35.5. The van der Waals surface area contributed by atoms with Crippen molar-refractivity contribution in [3.8, 4) is 0 Å². The van der Waals surface area contributed by atoms with E-state index in [1.165, 1.54) is 0 Å². The zero-order chi connectivity index (χ0) is 13.1. The molecule has 1 saturated carbocycles. The van der Waals surface area contributed by atoms with Crippen LogP contribution >= 0.6 is 37.2 Å². The van der Waals surface area contributed by atoms with Gasteiger partial charge in [0, 0.05) is 38.3 Å². The molecule has 2 fully saturated rings. The lowest BCUT2D eigenvalue weighted by molar-refractivity contribution is -0.125. The van der Waals surface area contributed by atoms with E-state index in [4.69, 9.17) is 5.73 Å². The SMILES string of the molecule is CN1CCN(C)C(CNC(=O)C2CCCC2N)C1.Cl.Cl.Cl. The summed E-state index contributed by atoms with van der Waals surface area (Å²) >= 11 is 0. The van der Waals surface area contributed by atoms with Crippen LogP contribution in [0.3, 0.4) is 0 Å². The summed E-state index contributed by atoms with van der Waals surface area (Å²) in [5, 5.41) is 3.09. The molecular formula is C13H29Cl3N4O. The molecule has 21 heavy (non-hydrogen) atoms. The first kappa shape index (κ1) is 23.5. The van der Waals surface area contributed by atoms with Crippen LogP contribution in [0.1, 0.15) is 19.3 Å². The molecule has 1 saturated heterocycles. The number of hydrogen-bond donors (Lipinski definition) is 2. The number of likely N-dealkylation sites (N-methyl/N-ethyl adjacent to an activating group) is 2. The van der Waals surface area contributed by atoms with Crippen molar-refractivity contribution in [2.45, 2.75) is 31.3 Å². The van der Waals surface area contributed by atoms with Gasteiger partial charge in [0.1, 0.15) is 0 Å². The van der Waals surface area contributed by atoms with Crippen LogP contribution in [-0.4, -0.2) is 68.1 Å². The van der Waals surface area contributed by atoms with Crippen molar-refractivity contribution in [1.82, 2.24) is 15.1 Å². The van der Waals surface area contributed by atoms with Crippen LogP contribution in [0.2, 0.25) is 0 Å². The van der Waals surface area contributed by atoms with Gasteiger partial charge in [0.15, 0.2) is 0 Å². The molecule has 0 aromatic rings. The van der Waals surface area contributed by atoms with Gasteiger partial charge in [-0.3, -0.25) is 9.69 Å². The molecule has 0 aromatic heterocycles. The number of nitrogens with zero attached hydrogens (tertiary/aromatic N) is 2. The molecule has 128 valence electrons. The summed E-state index contributed by atoms with van der Waals surface area (Å²) in [6.45, 7) is 3.94. The monoisotopic (exact) mass is 362 g/mol. The van der Waals surface area contributed by atoms with Gasteiger partial charge < -0.3 is 16.0 Å². The number of piperazine rings is 1. The number of amides is 1. The molecule has 0 spiro atoms. The molecular weight excluding hydrogens is 335 g/mol. The molecule has 3 N–H and O–H groups in total. The van der Waals surface area contributed by atoms with E-state index in [-0.39, 0.29) is 55.1 Å². The molecule has 0 aromatic carbocycles. The van der Waals surface area contributed by atoms with E-state index in [0.717, 1.165) is 45.4 Å². The molecule has 2 aliphatic rings. The second-order valence-corrected chi connectivity index (χ2v) is 5.84. The fraction of sp³-hybridized carbons (Fsp3) is 0.923. The van der Waals surface area contributed by atoms with Gasteiger partial charge in [0.05, 0.1) is 5.92 Å². The fourth-order valence-electron chi connectivity index (χ4n) is 2.99. The molecule has 1 heterocycles. The average Bonchev–Trinajstić information content (AvgIpc) is 2.76. The van der Waals surface area contributed by atoms with E-state index in [2.05, 4.69) is 29.2 Å². The van der Waals surface area contributed by atoms with Crippen LogP contribution in [0.5, 0.6) is 0 Å². The normalized spacial score (nSPS) is 29.8. The Labute approximate surface area is 146 Å². The van der Waals surface area contributed by atoms with E-state index < -0.39 is 0 Å². The summed E-state index contributed by atoms with van der Waals surface area (Å²) in [5.41, 5.74) is 5.96. The molecule has 0 bridgehead atoms. The molecule has 3 atom stereocenters. The summed E-state index contributed by atoms with van der Waals surface area (Å²) in [6, 6.07) is 0.488. The molecule has 3 unspecified atom stereocenters. The topological polar surface area (TPSA) is 61.6 Å². The van der Waals surface area contributed by atoms with E-state index in [0.29, 0.717) is 6.04 Å². The Morgan fingerprint density at radius 1 is 1.19 bits per heavy atom. The lowest BCUT2D eigenvalue weighted by Crippen LogP contribution is -2.55. The Kier molecular flexibility index (Phi) is 12.2. The highest BCUT2D eigenvalue weighted by molar-refractivity contribution is 5.86. The first-order valence-corrected chi connectivity index (χ1v) is 7.00. The predicted molar refractivity (Wildman–Crippen MR) is 94.0 cm³/mol. The smallest absolute Gasteiger partial charge is 0.224 e. The second kappa shape index (κ2) is 10.9. The number of halogens is 3. The van der Waals surface area contributed by atoms with E-state index >= 15 is 0 Å². The maximum atomic E-state index is 12.1. The van der Waals surface area contributed by atoms with Crippen molar-refractivity contribution in [2.24, 2.45) is 11.7 Å². The van der Waals surface area contributed by atoms with Gasteiger partial charge in [0.25, 0.3) is 0 Å². The summed E-state index contributed by atoms with van der Waals surface area (Å²) in [5.74, 6) is 0.193. The third-order valence-electron chi connectivity index (χ3n) is 4.40. The van der Waals surface area contributed by atoms with Gasteiger partial charge >= 0.3 is 0 Å². The van der Waals surface area contributed by atoms with Crippen LogP contribution in [0.4, 0.5) is 0 Å². The Balaban J connectivity index is 0. The van der Waals surface area contributed by atoms with Crippen LogP contribution < -0.4 is 11.1 Å². The quantitative estimate of drug-likeness (QED) is 0.776. The zero-order valence-electron chi connectivity index (χ0n) is 12.8. The molecule has 1 aliphatic heterocycles. The number of carbonyl (C=O) groups excluding carboxylic acids is 1. The lowest BCUT2D eigenvalue weighted by atomic mass is 10.0. The van der Waals surface area contributed by atoms with E-state index in [1.807, 2.05) is 0 Å². The summed E-state index contributed by atoms with van der Waals surface area (Å²) in [6.07, 6.45) is 3.03. The molecule has 1 aliphatic carbocycles. The Hall–Kier alpha value is 0.220. The van der Waals surface area contributed by atoms with Crippen LogP contribution in [-0.2, 0) is 4.79 Å². The molecule has 1 amide bonds. The molecule has 8 heteroatoms. The first-order chi connectivity index (χ1) is 8.58. The second-order valence-electron chi connectivity index (χ2n) is 5.84. The number of nitrogens with one attached hydrogen (secondary N) is 1. The minimum absolute atomic E-state index is 0. The summed E-state index contributed by atoms with van der Waals surface area (Å²) in [7, 11) is 4.26. The van der Waals surface area contributed by atoms with Crippen LogP contribution in [0.25, 0.3) is 0 Å². The Bertz CT molecular complexity index is 309. The van der Waals surface area contributed by atoms with Gasteiger partial charge in [0.2, 0.25) is 5.91 Å². The van der Waals surface area contributed by atoms with Crippen molar-refractivity contribution >= 4 is 43.1 Å². The van der Waals surface area contributed by atoms with Crippen LogP contribution in [0.15, 0.2) is 0 Å². The lowest BCUT2D eigenvalue weighted by Gasteiger charge is -2.37. The van der Waals surface area contributed by atoms with E-state index in [9.17, 15) is 4.79 Å². The molecule has 5 nitrogen and oxygen atoms in total. The molecule has 0 radical (unpaired) electrons. The van der Waals surface area contributed by atoms with Crippen molar-refractivity contribution in [3.05, 3.63) is 0 Å². The van der Waals surface area contributed by atoms with Crippen LogP contribution in [0, 0.1) is 5.92 Å². The number of rotatable bonds is 3. The standard InChI is InChI=1S/C13H26N4O.3ClH/c1-16-6-7-17(2)10(9-16)8-15-13(18)11-4-3-5-12(11)14;;;/h10-12H,3-9,14H2,1-2H3,(H,15,18);3*1H. The molecule has 2 rings (SSSR count). The highest BCUT2D eigenvalue weighted by Gasteiger charge is 2.31. The number of nitrogens with two attached hydrogens (primary N) is 1. The maximum Gasteiger partial charge on any atom is 0.224 e. The minimum atomic E-state index is 0. The minimum Gasteiger partial charge on any atom is -0.354 e. The van der Waals surface area contributed by atoms with Gasteiger partial charge in [-0.1, -0.05) is 6.42 Å². The Morgan fingerprint density at radius 2 is 1.86 bits per heavy atom. The van der Waals surface area contributed by atoms with Gasteiger partial charge in [-0.05, 0) is 26.9 Å². The third-order valence-corrected chi connectivity index (χ3v) is 4.40. The van der Waals surface area contributed by atoms with Crippen molar-refractivity contribution in [3.63, 3.8) is 0 Å². The number of hydrogen-bond acceptors (Lipinski definition) is 4. The third kappa shape index (κ3) is 6.47.